The minimum atomic E-state index is -0.172. The van der Waals surface area contributed by atoms with Crippen molar-refractivity contribution in [1.82, 2.24) is 5.32 Å². The molecular formula is C10H17NO2. The van der Waals surface area contributed by atoms with Gasteiger partial charge in [-0.15, -0.1) is 0 Å². The third-order valence-corrected chi connectivity index (χ3v) is 3.20. The van der Waals surface area contributed by atoms with Gasteiger partial charge in [-0.05, 0) is 12.8 Å². The van der Waals surface area contributed by atoms with E-state index in [1.165, 1.54) is 19.3 Å². The zero-order chi connectivity index (χ0) is 9.15. The number of hydrogen-bond donors (Lipinski definition) is 1. The van der Waals surface area contributed by atoms with Gasteiger partial charge in [0.15, 0.2) is 0 Å². The molecule has 3 heteroatoms. The molecule has 1 amide bonds. The van der Waals surface area contributed by atoms with Crippen molar-refractivity contribution in [1.29, 1.82) is 0 Å². The Bertz CT molecular complexity index is 197. The zero-order valence-corrected chi connectivity index (χ0v) is 7.97. The molecule has 13 heavy (non-hydrogen) atoms. The largest absolute Gasteiger partial charge is 0.379 e. The van der Waals surface area contributed by atoms with Crippen LogP contribution >= 0.6 is 0 Å². The lowest BCUT2D eigenvalue weighted by molar-refractivity contribution is -0.134. The maximum Gasteiger partial charge on any atom is 0.228 e. The Morgan fingerprint density at radius 1 is 1.23 bits per heavy atom. The molecule has 2 aliphatic rings. The maximum atomic E-state index is 11.8. The highest BCUT2D eigenvalue weighted by Crippen LogP contribution is 2.37. The Morgan fingerprint density at radius 2 is 2.00 bits per heavy atom. The first-order valence-corrected chi connectivity index (χ1v) is 5.20. The van der Waals surface area contributed by atoms with E-state index in [4.69, 9.17) is 4.74 Å². The second kappa shape index (κ2) is 3.66. The first kappa shape index (κ1) is 9.00. The number of amides is 1. The van der Waals surface area contributed by atoms with Crippen molar-refractivity contribution in [3.63, 3.8) is 0 Å². The van der Waals surface area contributed by atoms with E-state index in [9.17, 15) is 4.79 Å². The molecule has 0 unspecified atom stereocenters. The van der Waals surface area contributed by atoms with Crippen LogP contribution in [-0.4, -0.2) is 25.7 Å². The fraction of sp³-hybridized carbons (Fsp3) is 0.900. The van der Waals surface area contributed by atoms with Crippen molar-refractivity contribution < 1.29 is 9.53 Å². The van der Waals surface area contributed by atoms with E-state index in [2.05, 4.69) is 5.32 Å². The average Bonchev–Trinajstić information content (AvgIpc) is 2.33. The van der Waals surface area contributed by atoms with E-state index in [1.54, 1.807) is 0 Å². The van der Waals surface area contributed by atoms with Crippen molar-refractivity contribution in [2.75, 3.05) is 19.8 Å². The van der Waals surface area contributed by atoms with Gasteiger partial charge in [0.05, 0.1) is 18.6 Å². The maximum absolute atomic E-state index is 11.8. The molecule has 1 spiro atoms. The van der Waals surface area contributed by atoms with Crippen LogP contribution in [0.1, 0.15) is 32.1 Å². The molecule has 2 fully saturated rings. The van der Waals surface area contributed by atoms with Gasteiger partial charge in [-0.1, -0.05) is 19.3 Å². The molecule has 0 atom stereocenters. The van der Waals surface area contributed by atoms with Crippen LogP contribution in [0.2, 0.25) is 0 Å². The Morgan fingerprint density at radius 3 is 2.77 bits per heavy atom. The minimum Gasteiger partial charge on any atom is -0.379 e. The first-order chi connectivity index (χ1) is 6.33. The first-order valence-electron chi connectivity index (χ1n) is 5.20. The molecule has 0 aromatic carbocycles. The average molecular weight is 183 g/mol. The summed E-state index contributed by atoms with van der Waals surface area (Å²) in [6.45, 7) is 1.99. The highest BCUT2D eigenvalue weighted by atomic mass is 16.5. The van der Waals surface area contributed by atoms with Crippen molar-refractivity contribution >= 4 is 5.91 Å². The monoisotopic (exact) mass is 183 g/mol. The molecule has 0 bridgehead atoms. The van der Waals surface area contributed by atoms with Crippen LogP contribution in [-0.2, 0) is 9.53 Å². The van der Waals surface area contributed by atoms with Gasteiger partial charge in [-0.2, -0.15) is 0 Å². The molecule has 3 nitrogen and oxygen atoms in total. The predicted molar refractivity (Wildman–Crippen MR) is 49.3 cm³/mol. The summed E-state index contributed by atoms with van der Waals surface area (Å²) >= 11 is 0. The molecule has 0 aromatic rings. The van der Waals surface area contributed by atoms with E-state index in [-0.39, 0.29) is 11.3 Å². The number of hydrogen-bond acceptors (Lipinski definition) is 2. The minimum absolute atomic E-state index is 0.172. The van der Waals surface area contributed by atoms with Crippen molar-refractivity contribution in [2.45, 2.75) is 32.1 Å². The number of nitrogens with one attached hydrogen (secondary N) is 1. The van der Waals surface area contributed by atoms with Gasteiger partial charge in [0.1, 0.15) is 0 Å². The number of carbonyl (C=O) groups is 1. The predicted octanol–water partition coefficient (Wildman–Crippen LogP) is 1.08. The second-order valence-corrected chi connectivity index (χ2v) is 4.15. The normalized spacial score (nSPS) is 28.2. The molecule has 1 aliphatic carbocycles. The SMILES string of the molecule is O=C1NCCOCC12CCCCC2. The Hall–Kier alpha value is -0.570. The lowest BCUT2D eigenvalue weighted by Gasteiger charge is -2.33. The van der Waals surface area contributed by atoms with Gasteiger partial charge >= 0.3 is 0 Å². The van der Waals surface area contributed by atoms with Crippen LogP contribution in [0.15, 0.2) is 0 Å². The highest BCUT2D eigenvalue weighted by molar-refractivity contribution is 5.83. The summed E-state index contributed by atoms with van der Waals surface area (Å²) in [7, 11) is 0. The van der Waals surface area contributed by atoms with E-state index in [0.29, 0.717) is 19.8 Å². The molecule has 1 saturated carbocycles. The lowest BCUT2D eigenvalue weighted by atomic mass is 9.74. The van der Waals surface area contributed by atoms with Gasteiger partial charge in [-0.25, -0.2) is 0 Å². The van der Waals surface area contributed by atoms with Crippen LogP contribution in [0.4, 0.5) is 0 Å². The number of rotatable bonds is 0. The molecule has 1 heterocycles. The summed E-state index contributed by atoms with van der Waals surface area (Å²) in [5, 5.41) is 2.94. The Kier molecular flexibility index (Phi) is 2.54. The Balaban J connectivity index is 2.10. The number of carbonyl (C=O) groups excluding carboxylic acids is 1. The molecular weight excluding hydrogens is 166 g/mol. The summed E-state index contributed by atoms with van der Waals surface area (Å²) in [5.41, 5.74) is -0.172. The molecule has 1 aliphatic heterocycles. The fourth-order valence-electron chi connectivity index (χ4n) is 2.36. The van der Waals surface area contributed by atoms with Crippen LogP contribution in [0.3, 0.4) is 0 Å². The standard InChI is InChI=1S/C10H17NO2/c12-9-10(4-2-1-3-5-10)8-13-7-6-11-9/h1-8H2,(H,11,12). The summed E-state index contributed by atoms with van der Waals surface area (Å²) < 4.78 is 5.47. The lowest BCUT2D eigenvalue weighted by Crippen LogP contribution is -2.43. The molecule has 1 saturated heterocycles. The summed E-state index contributed by atoms with van der Waals surface area (Å²) in [6, 6.07) is 0. The molecule has 1 N–H and O–H groups in total. The van der Waals surface area contributed by atoms with Crippen LogP contribution < -0.4 is 5.32 Å². The van der Waals surface area contributed by atoms with E-state index in [1.807, 2.05) is 0 Å². The van der Waals surface area contributed by atoms with E-state index < -0.39 is 0 Å². The summed E-state index contributed by atoms with van der Waals surface area (Å²) in [5.74, 6) is 0.227. The topological polar surface area (TPSA) is 38.3 Å². The van der Waals surface area contributed by atoms with Crippen LogP contribution in [0, 0.1) is 5.41 Å². The third kappa shape index (κ3) is 1.70. The zero-order valence-electron chi connectivity index (χ0n) is 7.97. The smallest absolute Gasteiger partial charge is 0.228 e. The van der Waals surface area contributed by atoms with Crippen LogP contribution in [0.5, 0.6) is 0 Å². The Labute approximate surface area is 78.8 Å². The second-order valence-electron chi connectivity index (χ2n) is 4.15. The van der Waals surface area contributed by atoms with Gasteiger partial charge in [0, 0.05) is 6.54 Å². The van der Waals surface area contributed by atoms with Gasteiger partial charge < -0.3 is 10.1 Å². The van der Waals surface area contributed by atoms with Gasteiger partial charge in [0.2, 0.25) is 5.91 Å². The quantitative estimate of drug-likeness (QED) is 0.610. The van der Waals surface area contributed by atoms with Crippen molar-refractivity contribution in [3.8, 4) is 0 Å². The van der Waals surface area contributed by atoms with Crippen LogP contribution in [0.25, 0.3) is 0 Å². The summed E-state index contributed by atoms with van der Waals surface area (Å²) in [6.07, 6.45) is 5.65. The van der Waals surface area contributed by atoms with Crippen molar-refractivity contribution in [2.24, 2.45) is 5.41 Å². The molecule has 74 valence electrons. The van der Waals surface area contributed by atoms with E-state index in [0.717, 1.165) is 12.8 Å². The van der Waals surface area contributed by atoms with Gasteiger partial charge in [-0.3, -0.25) is 4.79 Å². The summed E-state index contributed by atoms with van der Waals surface area (Å²) in [4.78, 5) is 11.8. The highest BCUT2D eigenvalue weighted by Gasteiger charge is 2.40. The van der Waals surface area contributed by atoms with Gasteiger partial charge in [0.25, 0.3) is 0 Å². The molecule has 0 aromatic heterocycles. The third-order valence-electron chi connectivity index (χ3n) is 3.20. The molecule has 0 radical (unpaired) electrons. The fourth-order valence-corrected chi connectivity index (χ4v) is 2.36. The van der Waals surface area contributed by atoms with Crippen molar-refractivity contribution in [3.05, 3.63) is 0 Å². The number of ether oxygens (including phenoxy) is 1. The molecule has 2 rings (SSSR count). The van der Waals surface area contributed by atoms with E-state index >= 15 is 0 Å².